The standard InChI is InChI=1S/C20H23NO3/c1-14(2)9-10-24-18-6-4-5-17(12-18)20(23)21-19-11-16(13-22)8-7-15(19)3/h4-9,11-12,22H,10,13H2,1-3H3,(H,21,23). The van der Waals surface area contributed by atoms with Gasteiger partial charge in [-0.15, -0.1) is 0 Å². The monoisotopic (exact) mass is 325 g/mol. The average molecular weight is 325 g/mol. The van der Waals surface area contributed by atoms with Gasteiger partial charge in [0.25, 0.3) is 5.91 Å². The van der Waals surface area contributed by atoms with Crippen molar-refractivity contribution in [1.82, 2.24) is 0 Å². The van der Waals surface area contributed by atoms with Crippen LogP contribution in [0.3, 0.4) is 0 Å². The Labute approximate surface area is 142 Å². The lowest BCUT2D eigenvalue weighted by molar-refractivity contribution is 0.102. The molecule has 0 atom stereocenters. The summed E-state index contributed by atoms with van der Waals surface area (Å²) in [6.45, 7) is 6.35. The molecule has 2 aromatic carbocycles. The molecule has 0 fully saturated rings. The molecular weight excluding hydrogens is 302 g/mol. The van der Waals surface area contributed by atoms with Crippen molar-refractivity contribution in [2.24, 2.45) is 0 Å². The van der Waals surface area contributed by atoms with E-state index in [-0.39, 0.29) is 12.5 Å². The molecule has 24 heavy (non-hydrogen) atoms. The first-order chi connectivity index (χ1) is 11.5. The van der Waals surface area contributed by atoms with Crippen LogP contribution in [-0.2, 0) is 6.61 Å². The molecular formula is C20H23NO3. The Morgan fingerprint density at radius 1 is 1.21 bits per heavy atom. The van der Waals surface area contributed by atoms with Crippen molar-refractivity contribution in [3.8, 4) is 5.75 Å². The summed E-state index contributed by atoms with van der Waals surface area (Å²) in [4.78, 5) is 12.5. The van der Waals surface area contributed by atoms with Crippen LogP contribution in [0.1, 0.15) is 35.3 Å². The highest BCUT2D eigenvalue weighted by molar-refractivity contribution is 6.04. The Balaban J connectivity index is 2.11. The Morgan fingerprint density at radius 2 is 2.00 bits per heavy atom. The van der Waals surface area contributed by atoms with E-state index in [1.165, 1.54) is 5.57 Å². The van der Waals surface area contributed by atoms with Gasteiger partial charge in [-0.3, -0.25) is 4.79 Å². The maximum absolute atomic E-state index is 12.5. The van der Waals surface area contributed by atoms with Crippen molar-refractivity contribution in [1.29, 1.82) is 0 Å². The Hall–Kier alpha value is -2.59. The minimum Gasteiger partial charge on any atom is -0.490 e. The summed E-state index contributed by atoms with van der Waals surface area (Å²) in [6, 6.07) is 12.6. The van der Waals surface area contributed by atoms with E-state index < -0.39 is 0 Å². The predicted octanol–water partition coefficient (Wildman–Crippen LogP) is 4.08. The van der Waals surface area contributed by atoms with E-state index in [9.17, 15) is 9.90 Å². The first-order valence-corrected chi connectivity index (χ1v) is 7.87. The van der Waals surface area contributed by atoms with E-state index >= 15 is 0 Å². The van der Waals surface area contributed by atoms with E-state index in [1.807, 2.05) is 45.0 Å². The third kappa shape index (κ3) is 4.96. The van der Waals surface area contributed by atoms with Gasteiger partial charge in [-0.2, -0.15) is 0 Å². The lowest BCUT2D eigenvalue weighted by atomic mass is 10.1. The molecule has 0 unspecified atom stereocenters. The summed E-state index contributed by atoms with van der Waals surface area (Å²) < 4.78 is 5.63. The fourth-order valence-electron chi connectivity index (χ4n) is 2.13. The maximum atomic E-state index is 12.5. The molecule has 0 saturated heterocycles. The molecule has 0 heterocycles. The summed E-state index contributed by atoms with van der Waals surface area (Å²) in [6.07, 6.45) is 1.98. The van der Waals surface area contributed by atoms with Crippen LogP contribution in [0.2, 0.25) is 0 Å². The van der Waals surface area contributed by atoms with E-state index in [0.717, 1.165) is 11.1 Å². The van der Waals surface area contributed by atoms with Gasteiger partial charge in [0.05, 0.1) is 6.61 Å². The van der Waals surface area contributed by atoms with Crippen LogP contribution in [0.15, 0.2) is 54.1 Å². The van der Waals surface area contributed by atoms with Crippen molar-refractivity contribution >= 4 is 11.6 Å². The van der Waals surface area contributed by atoms with E-state index in [2.05, 4.69) is 5.32 Å². The number of benzene rings is 2. The number of hydrogen-bond acceptors (Lipinski definition) is 3. The van der Waals surface area contributed by atoms with E-state index in [4.69, 9.17) is 4.74 Å². The van der Waals surface area contributed by atoms with Gasteiger partial charge in [0.15, 0.2) is 0 Å². The molecule has 2 rings (SSSR count). The lowest BCUT2D eigenvalue weighted by Gasteiger charge is -2.11. The maximum Gasteiger partial charge on any atom is 0.255 e. The zero-order chi connectivity index (χ0) is 17.5. The van der Waals surface area contributed by atoms with Gasteiger partial charge in [0.1, 0.15) is 12.4 Å². The summed E-state index contributed by atoms with van der Waals surface area (Å²) in [5, 5.41) is 12.1. The number of carbonyl (C=O) groups excluding carboxylic acids is 1. The van der Waals surface area contributed by atoms with Gasteiger partial charge in [0.2, 0.25) is 0 Å². The van der Waals surface area contributed by atoms with Gasteiger partial charge in [-0.1, -0.05) is 23.8 Å². The second-order valence-electron chi connectivity index (χ2n) is 5.88. The highest BCUT2D eigenvalue weighted by Gasteiger charge is 2.09. The molecule has 0 spiro atoms. The van der Waals surface area contributed by atoms with Crippen LogP contribution in [0.5, 0.6) is 5.75 Å². The normalized spacial score (nSPS) is 10.2. The lowest BCUT2D eigenvalue weighted by Crippen LogP contribution is -2.13. The topological polar surface area (TPSA) is 58.6 Å². The van der Waals surface area contributed by atoms with Crippen molar-refractivity contribution in [3.63, 3.8) is 0 Å². The van der Waals surface area contributed by atoms with Crippen LogP contribution in [-0.4, -0.2) is 17.6 Å². The molecule has 0 aliphatic heterocycles. The highest BCUT2D eigenvalue weighted by atomic mass is 16.5. The predicted molar refractivity (Wildman–Crippen MR) is 96.4 cm³/mol. The van der Waals surface area contributed by atoms with Crippen LogP contribution < -0.4 is 10.1 Å². The number of anilines is 1. The average Bonchev–Trinajstić information content (AvgIpc) is 2.56. The first kappa shape index (κ1) is 17.8. The fraction of sp³-hybridized carbons (Fsp3) is 0.250. The zero-order valence-electron chi connectivity index (χ0n) is 14.3. The van der Waals surface area contributed by atoms with E-state index in [0.29, 0.717) is 23.6 Å². The van der Waals surface area contributed by atoms with Crippen LogP contribution in [0.25, 0.3) is 0 Å². The number of aliphatic hydroxyl groups is 1. The highest BCUT2D eigenvalue weighted by Crippen LogP contribution is 2.19. The van der Waals surface area contributed by atoms with Crippen LogP contribution in [0, 0.1) is 6.92 Å². The van der Waals surface area contributed by atoms with Crippen molar-refractivity contribution in [2.75, 3.05) is 11.9 Å². The first-order valence-electron chi connectivity index (χ1n) is 7.87. The molecule has 0 aliphatic carbocycles. The SMILES string of the molecule is CC(C)=CCOc1cccc(C(=O)Nc2cc(CO)ccc2C)c1. The number of aliphatic hydroxyl groups excluding tert-OH is 1. The van der Waals surface area contributed by atoms with Gasteiger partial charge >= 0.3 is 0 Å². The summed E-state index contributed by atoms with van der Waals surface area (Å²) in [5.74, 6) is 0.446. The Morgan fingerprint density at radius 3 is 2.71 bits per heavy atom. The Bertz CT molecular complexity index is 746. The molecule has 126 valence electrons. The molecule has 0 radical (unpaired) electrons. The van der Waals surface area contributed by atoms with Crippen LogP contribution >= 0.6 is 0 Å². The van der Waals surface area contributed by atoms with Crippen molar-refractivity contribution in [3.05, 3.63) is 70.8 Å². The van der Waals surface area contributed by atoms with Gasteiger partial charge in [-0.05, 0) is 62.2 Å². The Kier molecular flexibility index (Phi) is 6.15. The molecule has 4 nitrogen and oxygen atoms in total. The second-order valence-corrected chi connectivity index (χ2v) is 5.88. The minimum atomic E-state index is -0.208. The summed E-state index contributed by atoms with van der Waals surface area (Å²) in [7, 11) is 0. The smallest absolute Gasteiger partial charge is 0.255 e. The summed E-state index contributed by atoms with van der Waals surface area (Å²) in [5.41, 5.74) is 4.11. The quantitative estimate of drug-likeness (QED) is 0.787. The number of ether oxygens (including phenoxy) is 1. The molecule has 2 N–H and O–H groups in total. The minimum absolute atomic E-state index is 0.0587. The summed E-state index contributed by atoms with van der Waals surface area (Å²) >= 11 is 0. The molecule has 0 aromatic heterocycles. The molecule has 4 heteroatoms. The number of allylic oxidation sites excluding steroid dienone is 1. The molecule has 2 aromatic rings. The van der Waals surface area contributed by atoms with E-state index in [1.54, 1.807) is 24.3 Å². The van der Waals surface area contributed by atoms with Crippen molar-refractivity contribution in [2.45, 2.75) is 27.4 Å². The number of nitrogens with one attached hydrogen (secondary N) is 1. The number of rotatable bonds is 6. The third-order valence-electron chi connectivity index (χ3n) is 3.57. The molecule has 0 saturated carbocycles. The second kappa shape index (κ2) is 8.31. The molecule has 0 aliphatic rings. The third-order valence-corrected chi connectivity index (χ3v) is 3.57. The van der Waals surface area contributed by atoms with Gasteiger partial charge in [-0.25, -0.2) is 0 Å². The molecule has 0 bridgehead atoms. The van der Waals surface area contributed by atoms with Crippen LogP contribution in [0.4, 0.5) is 5.69 Å². The van der Waals surface area contributed by atoms with Crippen molar-refractivity contribution < 1.29 is 14.6 Å². The number of amides is 1. The van der Waals surface area contributed by atoms with Gasteiger partial charge < -0.3 is 15.2 Å². The number of carbonyl (C=O) groups is 1. The fourth-order valence-corrected chi connectivity index (χ4v) is 2.13. The number of hydrogen-bond donors (Lipinski definition) is 2. The molecule has 1 amide bonds. The zero-order valence-corrected chi connectivity index (χ0v) is 14.3. The largest absolute Gasteiger partial charge is 0.490 e. The van der Waals surface area contributed by atoms with Gasteiger partial charge in [0, 0.05) is 11.3 Å². The number of aryl methyl sites for hydroxylation is 1.